The number of ether oxygens (including phenoxy) is 2. The third-order valence-electron chi connectivity index (χ3n) is 10.8. The largest absolute Gasteiger partial charge is 0.497 e. The summed E-state index contributed by atoms with van der Waals surface area (Å²) in [7, 11) is 1.69. The summed E-state index contributed by atoms with van der Waals surface area (Å²) in [5.41, 5.74) is 2.39. The molecule has 0 spiro atoms. The number of fused-ring (bicyclic) bond motifs is 2. The molecule has 0 N–H and O–H groups in total. The van der Waals surface area contributed by atoms with E-state index in [4.69, 9.17) is 9.47 Å². The van der Waals surface area contributed by atoms with E-state index in [2.05, 4.69) is 36.9 Å². The zero-order valence-corrected chi connectivity index (χ0v) is 36.6. The number of methoxy groups -OCH3 is 1. The second-order valence-electron chi connectivity index (χ2n) is 16.9. The molecule has 0 fully saturated rings. The standard InChI is InChI=1S/C48H80N2O3S/c1-7-9-11-13-15-17-19-21-23-25-27-29-31-37-49(38-32-30-28-26-24-22-20-18-16-14-12-10-8-2)41-33-35-43-45(39-41)54-46-40-42(52-6)34-36-44(46)50(43)47(51)53-48(3,4)5/h33-36,39-40H,7-32,37-38H2,1-6H3. The van der Waals surface area contributed by atoms with Crippen LogP contribution in [0.25, 0.3) is 0 Å². The predicted octanol–water partition coefficient (Wildman–Crippen LogP) is 16.2. The molecule has 1 heterocycles. The van der Waals surface area contributed by atoms with Crippen molar-refractivity contribution in [3.05, 3.63) is 36.4 Å². The summed E-state index contributed by atoms with van der Waals surface area (Å²) >= 11 is 1.72. The highest BCUT2D eigenvalue weighted by Gasteiger charge is 2.32. The van der Waals surface area contributed by atoms with E-state index < -0.39 is 5.60 Å². The molecule has 0 saturated heterocycles. The minimum atomic E-state index is -0.590. The van der Waals surface area contributed by atoms with E-state index in [9.17, 15) is 4.79 Å². The molecule has 1 amide bonds. The third-order valence-corrected chi connectivity index (χ3v) is 11.9. The molecule has 0 atom stereocenters. The number of carbonyl (C=O) groups is 1. The van der Waals surface area contributed by atoms with E-state index in [0.29, 0.717) is 0 Å². The average molecular weight is 765 g/mol. The topological polar surface area (TPSA) is 42.0 Å². The fraction of sp³-hybridized carbons (Fsp3) is 0.729. The van der Waals surface area contributed by atoms with Gasteiger partial charge in [-0.25, -0.2) is 9.69 Å². The fourth-order valence-corrected chi connectivity index (χ4v) is 8.74. The van der Waals surface area contributed by atoms with E-state index >= 15 is 0 Å². The van der Waals surface area contributed by atoms with E-state index in [1.165, 1.54) is 173 Å². The van der Waals surface area contributed by atoms with Crippen LogP contribution in [0.2, 0.25) is 0 Å². The van der Waals surface area contributed by atoms with Gasteiger partial charge in [-0.2, -0.15) is 0 Å². The number of benzene rings is 2. The maximum atomic E-state index is 13.7. The first-order chi connectivity index (χ1) is 26.3. The fourth-order valence-electron chi connectivity index (χ4n) is 7.62. The van der Waals surface area contributed by atoms with Gasteiger partial charge in [-0.05, 0) is 70.0 Å². The highest BCUT2D eigenvalue weighted by Crippen LogP contribution is 2.50. The van der Waals surface area contributed by atoms with Gasteiger partial charge in [-0.1, -0.05) is 180 Å². The maximum Gasteiger partial charge on any atom is 0.419 e. The molecule has 306 valence electrons. The minimum Gasteiger partial charge on any atom is -0.497 e. The first kappa shape index (κ1) is 46.0. The van der Waals surface area contributed by atoms with Crippen LogP contribution in [-0.4, -0.2) is 31.9 Å². The van der Waals surface area contributed by atoms with Crippen molar-refractivity contribution in [1.82, 2.24) is 0 Å². The van der Waals surface area contributed by atoms with E-state index in [1.54, 1.807) is 23.8 Å². The van der Waals surface area contributed by atoms with Crippen molar-refractivity contribution in [3.8, 4) is 5.75 Å². The van der Waals surface area contributed by atoms with Crippen LogP contribution in [0.1, 0.15) is 202 Å². The molecule has 0 radical (unpaired) electrons. The molecule has 0 unspecified atom stereocenters. The minimum absolute atomic E-state index is 0.348. The molecule has 0 saturated carbocycles. The number of rotatable bonds is 30. The highest BCUT2D eigenvalue weighted by atomic mass is 32.2. The van der Waals surface area contributed by atoms with Crippen LogP contribution < -0.4 is 14.5 Å². The second kappa shape index (κ2) is 27.3. The number of nitrogens with zero attached hydrogens (tertiary/aromatic N) is 2. The Balaban J connectivity index is 1.57. The van der Waals surface area contributed by atoms with Gasteiger partial charge in [-0.3, -0.25) is 0 Å². The van der Waals surface area contributed by atoms with E-state index in [-0.39, 0.29) is 6.09 Å². The van der Waals surface area contributed by atoms with Gasteiger partial charge >= 0.3 is 6.09 Å². The summed E-state index contributed by atoms with van der Waals surface area (Å²) in [5.74, 6) is 0.788. The first-order valence-electron chi connectivity index (χ1n) is 22.6. The smallest absolute Gasteiger partial charge is 0.419 e. The summed E-state index contributed by atoms with van der Waals surface area (Å²) in [6.45, 7) is 12.5. The van der Waals surface area contributed by atoms with Crippen LogP contribution in [0.4, 0.5) is 21.9 Å². The molecule has 0 bridgehead atoms. The lowest BCUT2D eigenvalue weighted by atomic mass is 10.0. The normalized spacial score (nSPS) is 12.4. The average Bonchev–Trinajstić information content (AvgIpc) is 3.15. The lowest BCUT2D eigenvalue weighted by Gasteiger charge is -2.34. The summed E-state index contributed by atoms with van der Waals surface area (Å²) < 4.78 is 11.5. The van der Waals surface area contributed by atoms with Gasteiger partial charge in [-0.15, -0.1) is 0 Å². The third kappa shape index (κ3) is 18.1. The Morgan fingerprint density at radius 3 is 1.37 bits per heavy atom. The zero-order valence-electron chi connectivity index (χ0n) is 35.8. The molecule has 2 aromatic carbocycles. The molecule has 1 aliphatic heterocycles. The molecular weight excluding hydrogens is 685 g/mol. The van der Waals surface area contributed by atoms with E-state index in [0.717, 1.165) is 40.0 Å². The number of hydrogen-bond acceptors (Lipinski definition) is 5. The van der Waals surface area contributed by atoms with Crippen molar-refractivity contribution >= 4 is 34.9 Å². The Morgan fingerprint density at radius 2 is 0.963 bits per heavy atom. The van der Waals surface area contributed by atoms with Crippen LogP contribution >= 0.6 is 11.8 Å². The van der Waals surface area contributed by atoms with Gasteiger partial charge in [0.15, 0.2) is 0 Å². The van der Waals surface area contributed by atoms with Crippen LogP contribution in [0.3, 0.4) is 0 Å². The first-order valence-corrected chi connectivity index (χ1v) is 23.4. The molecule has 6 heteroatoms. The lowest BCUT2D eigenvalue weighted by Crippen LogP contribution is -2.35. The molecule has 2 aromatic rings. The number of unbranched alkanes of at least 4 members (excludes halogenated alkanes) is 24. The van der Waals surface area contributed by atoms with Crippen LogP contribution in [0.15, 0.2) is 46.2 Å². The Labute approximate surface area is 337 Å². The van der Waals surface area contributed by atoms with E-state index in [1.807, 2.05) is 39.0 Å². The van der Waals surface area contributed by atoms with Crippen LogP contribution in [0, 0.1) is 0 Å². The van der Waals surface area contributed by atoms with Gasteiger partial charge in [0.2, 0.25) is 0 Å². The monoisotopic (exact) mass is 765 g/mol. The Hall–Kier alpha value is -2.34. The predicted molar refractivity (Wildman–Crippen MR) is 236 cm³/mol. The molecular formula is C48H80N2O3S. The van der Waals surface area contributed by atoms with Crippen molar-refractivity contribution in [2.45, 2.75) is 217 Å². The van der Waals surface area contributed by atoms with Crippen molar-refractivity contribution in [2.24, 2.45) is 0 Å². The van der Waals surface area contributed by atoms with Crippen molar-refractivity contribution in [3.63, 3.8) is 0 Å². The highest BCUT2D eigenvalue weighted by molar-refractivity contribution is 7.99. The molecule has 54 heavy (non-hydrogen) atoms. The van der Waals surface area contributed by atoms with Crippen LogP contribution in [-0.2, 0) is 4.74 Å². The molecule has 0 aromatic heterocycles. The van der Waals surface area contributed by atoms with Gasteiger partial charge in [0.05, 0.1) is 18.5 Å². The molecule has 3 rings (SSSR count). The van der Waals surface area contributed by atoms with Crippen molar-refractivity contribution in [1.29, 1.82) is 0 Å². The Kier molecular flexibility index (Phi) is 23.3. The summed E-state index contributed by atoms with van der Waals surface area (Å²) in [6.07, 6.45) is 35.4. The quantitative estimate of drug-likeness (QED) is 0.0741. The summed E-state index contributed by atoms with van der Waals surface area (Å²) in [6, 6.07) is 12.6. The molecule has 1 aliphatic rings. The van der Waals surface area contributed by atoms with Gasteiger partial charge in [0, 0.05) is 28.6 Å². The molecule has 5 nitrogen and oxygen atoms in total. The number of anilines is 3. The Morgan fingerprint density at radius 1 is 0.574 bits per heavy atom. The van der Waals surface area contributed by atoms with Gasteiger partial charge in [0.25, 0.3) is 0 Å². The van der Waals surface area contributed by atoms with Crippen molar-refractivity contribution < 1.29 is 14.3 Å². The maximum absolute atomic E-state index is 13.7. The number of carbonyl (C=O) groups excluding carboxylic acids is 1. The number of amides is 1. The zero-order chi connectivity index (χ0) is 38.9. The SMILES string of the molecule is CCCCCCCCCCCCCCCN(CCCCCCCCCCCCCCC)c1ccc2c(c1)Sc1cc(OC)ccc1N2C(=O)OC(C)(C)C. The van der Waals surface area contributed by atoms with Crippen LogP contribution in [0.5, 0.6) is 5.75 Å². The van der Waals surface area contributed by atoms with Crippen molar-refractivity contribution in [2.75, 3.05) is 30.0 Å². The molecule has 0 aliphatic carbocycles. The summed E-state index contributed by atoms with van der Waals surface area (Å²) in [4.78, 5) is 20.1. The Bertz CT molecular complexity index is 1260. The summed E-state index contributed by atoms with van der Waals surface area (Å²) in [5, 5.41) is 0. The lowest BCUT2D eigenvalue weighted by molar-refractivity contribution is 0.0597. The van der Waals surface area contributed by atoms with Gasteiger partial charge in [0.1, 0.15) is 11.4 Å². The second-order valence-corrected chi connectivity index (χ2v) is 18.0. The van der Waals surface area contributed by atoms with Gasteiger partial charge < -0.3 is 14.4 Å². The number of hydrogen-bond donors (Lipinski definition) is 0.